The third-order valence-corrected chi connectivity index (χ3v) is 2.87. The van der Waals surface area contributed by atoms with Crippen LogP contribution in [0.5, 0.6) is 0 Å². The van der Waals surface area contributed by atoms with Crippen molar-refractivity contribution >= 4 is 11.4 Å². The van der Waals surface area contributed by atoms with Crippen molar-refractivity contribution in [2.75, 3.05) is 24.3 Å². The molecular weight excluding hydrogens is 188 g/mol. The van der Waals surface area contributed by atoms with E-state index in [1.54, 1.807) is 0 Å². The molecule has 0 saturated carbocycles. The fraction of sp³-hybridized carbons (Fsp3) is 0.500. The smallest absolute Gasteiger partial charge is 0.0605 e. The minimum Gasteiger partial charge on any atom is -0.397 e. The van der Waals surface area contributed by atoms with Crippen LogP contribution in [0.25, 0.3) is 0 Å². The molecule has 0 unspecified atom stereocenters. The summed E-state index contributed by atoms with van der Waals surface area (Å²) in [6, 6.07) is 6.51. The Labute approximate surface area is 90.6 Å². The normalized spacial score (nSPS) is 17.7. The van der Waals surface area contributed by atoms with Gasteiger partial charge in [0, 0.05) is 19.3 Å². The number of anilines is 2. The molecule has 1 aromatic rings. The van der Waals surface area contributed by atoms with Crippen LogP contribution in [0.4, 0.5) is 11.4 Å². The number of nitrogen functional groups attached to an aromatic ring is 1. The molecule has 0 aromatic heterocycles. The van der Waals surface area contributed by atoms with Crippen molar-refractivity contribution in [2.45, 2.75) is 25.8 Å². The predicted octanol–water partition coefficient (Wildman–Crippen LogP) is 2.17. The second-order valence-electron chi connectivity index (χ2n) is 4.07. The van der Waals surface area contributed by atoms with E-state index in [0.717, 1.165) is 37.4 Å². The van der Waals surface area contributed by atoms with Crippen molar-refractivity contribution in [2.24, 2.45) is 0 Å². The second-order valence-corrected chi connectivity index (χ2v) is 4.07. The summed E-state index contributed by atoms with van der Waals surface area (Å²) in [5.41, 5.74) is 9.08. The van der Waals surface area contributed by atoms with Crippen LogP contribution in [0.1, 0.15) is 18.4 Å². The molecule has 1 aromatic carbocycles. The molecule has 3 N–H and O–H groups in total. The Balaban J connectivity index is 2.09. The molecule has 3 heteroatoms. The van der Waals surface area contributed by atoms with Crippen molar-refractivity contribution in [1.82, 2.24) is 0 Å². The first-order valence-electron chi connectivity index (χ1n) is 5.47. The summed E-state index contributed by atoms with van der Waals surface area (Å²) in [6.45, 7) is 3.78. The lowest BCUT2D eigenvalue weighted by Crippen LogP contribution is -2.28. The Bertz CT molecular complexity index is 312. The van der Waals surface area contributed by atoms with Crippen molar-refractivity contribution in [1.29, 1.82) is 0 Å². The highest BCUT2D eigenvalue weighted by Gasteiger charge is 2.14. The lowest BCUT2D eigenvalue weighted by atomic mass is 10.1. The number of hydrogen-bond donors (Lipinski definition) is 2. The molecule has 1 heterocycles. The third kappa shape index (κ3) is 2.42. The van der Waals surface area contributed by atoms with Crippen LogP contribution in [-0.2, 0) is 4.74 Å². The molecule has 1 aliphatic heterocycles. The van der Waals surface area contributed by atoms with Gasteiger partial charge in [0.15, 0.2) is 0 Å². The van der Waals surface area contributed by atoms with Gasteiger partial charge >= 0.3 is 0 Å². The highest BCUT2D eigenvalue weighted by Crippen LogP contribution is 2.25. The number of ether oxygens (including phenoxy) is 1. The van der Waals surface area contributed by atoms with Gasteiger partial charge in [-0.3, -0.25) is 0 Å². The molecule has 0 spiro atoms. The number of para-hydroxylation sites is 1. The van der Waals surface area contributed by atoms with Gasteiger partial charge in [-0.2, -0.15) is 0 Å². The number of nitrogens with one attached hydrogen (secondary N) is 1. The highest BCUT2D eigenvalue weighted by atomic mass is 16.5. The van der Waals surface area contributed by atoms with E-state index in [2.05, 4.69) is 18.3 Å². The maximum Gasteiger partial charge on any atom is 0.0605 e. The Morgan fingerprint density at radius 2 is 2.07 bits per heavy atom. The highest BCUT2D eigenvalue weighted by molar-refractivity contribution is 5.70. The van der Waals surface area contributed by atoms with Gasteiger partial charge in [0.05, 0.1) is 11.4 Å². The Morgan fingerprint density at radius 1 is 1.33 bits per heavy atom. The van der Waals surface area contributed by atoms with E-state index >= 15 is 0 Å². The van der Waals surface area contributed by atoms with Gasteiger partial charge in [0.2, 0.25) is 0 Å². The van der Waals surface area contributed by atoms with Gasteiger partial charge in [-0.15, -0.1) is 0 Å². The fourth-order valence-electron chi connectivity index (χ4n) is 1.93. The van der Waals surface area contributed by atoms with Crippen LogP contribution in [0.2, 0.25) is 0 Å². The summed E-state index contributed by atoms with van der Waals surface area (Å²) in [5, 5.41) is 3.51. The number of nitrogens with two attached hydrogens (primary N) is 1. The summed E-state index contributed by atoms with van der Waals surface area (Å²) in [6.07, 6.45) is 2.13. The molecule has 15 heavy (non-hydrogen) atoms. The Hall–Kier alpha value is -1.22. The molecule has 2 rings (SSSR count). The quantitative estimate of drug-likeness (QED) is 0.729. The number of aryl methyl sites for hydroxylation is 1. The Kier molecular flexibility index (Phi) is 3.11. The zero-order valence-electron chi connectivity index (χ0n) is 9.12. The first kappa shape index (κ1) is 10.3. The molecule has 82 valence electrons. The third-order valence-electron chi connectivity index (χ3n) is 2.87. The van der Waals surface area contributed by atoms with E-state index in [1.807, 2.05) is 12.1 Å². The van der Waals surface area contributed by atoms with Gasteiger partial charge < -0.3 is 15.8 Å². The maximum absolute atomic E-state index is 5.94. The fourth-order valence-corrected chi connectivity index (χ4v) is 1.93. The van der Waals surface area contributed by atoms with Crippen LogP contribution < -0.4 is 11.1 Å². The largest absolute Gasteiger partial charge is 0.397 e. The van der Waals surface area contributed by atoms with Crippen molar-refractivity contribution < 1.29 is 4.74 Å². The van der Waals surface area contributed by atoms with Gasteiger partial charge in [-0.1, -0.05) is 12.1 Å². The lowest BCUT2D eigenvalue weighted by Gasteiger charge is -2.25. The van der Waals surface area contributed by atoms with E-state index in [0.29, 0.717) is 6.04 Å². The summed E-state index contributed by atoms with van der Waals surface area (Å²) < 4.78 is 5.33. The lowest BCUT2D eigenvalue weighted by molar-refractivity contribution is 0.0904. The molecule has 0 aliphatic carbocycles. The van der Waals surface area contributed by atoms with E-state index in [4.69, 9.17) is 10.5 Å². The zero-order valence-corrected chi connectivity index (χ0v) is 9.12. The molecule has 0 atom stereocenters. The monoisotopic (exact) mass is 206 g/mol. The molecule has 3 nitrogen and oxygen atoms in total. The number of rotatable bonds is 2. The van der Waals surface area contributed by atoms with Crippen LogP contribution in [0.15, 0.2) is 18.2 Å². The van der Waals surface area contributed by atoms with Crippen LogP contribution in [0, 0.1) is 6.92 Å². The van der Waals surface area contributed by atoms with Crippen LogP contribution in [0.3, 0.4) is 0 Å². The maximum atomic E-state index is 5.94. The summed E-state index contributed by atoms with van der Waals surface area (Å²) >= 11 is 0. The number of hydrogen-bond acceptors (Lipinski definition) is 3. The molecule has 0 radical (unpaired) electrons. The summed E-state index contributed by atoms with van der Waals surface area (Å²) in [7, 11) is 0. The summed E-state index contributed by atoms with van der Waals surface area (Å²) in [4.78, 5) is 0. The van der Waals surface area contributed by atoms with Gasteiger partial charge in [0.25, 0.3) is 0 Å². The standard InChI is InChI=1S/C12H18N2O/c1-9-3-2-4-11(13)12(9)14-10-5-7-15-8-6-10/h2-4,10,14H,5-8,13H2,1H3. The SMILES string of the molecule is Cc1cccc(N)c1NC1CCOCC1. The molecular formula is C12H18N2O. The number of benzene rings is 1. The average Bonchev–Trinajstić information content (AvgIpc) is 2.25. The van der Waals surface area contributed by atoms with E-state index < -0.39 is 0 Å². The zero-order chi connectivity index (χ0) is 10.7. The molecule has 1 aliphatic rings. The van der Waals surface area contributed by atoms with Crippen molar-refractivity contribution in [3.05, 3.63) is 23.8 Å². The van der Waals surface area contributed by atoms with E-state index in [1.165, 1.54) is 5.56 Å². The van der Waals surface area contributed by atoms with Crippen LogP contribution in [-0.4, -0.2) is 19.3 Å². The predicted molar refractivity (Wildman–Crippen MR) is 63.1 cm³/mol. The minimum atomic E-state index is 0.502. The molecule has 1 fully saturated rings. The average molecular weight is 206 g/mol. The van der Waals surface area contributed by atoms with Gasteiger partial charge in [-0.25, -0.2) is 0 Å². The van der Waals surface area contributed by atoms with E-state index in [-0.39, 0.29) is 0 Å². The molecule has 0 bridgehead atoms. The van der Waals surface area contributed by atoms with Crippen molar-refractivity contribution in [3.8, 4) is 0 Å². The van der Waals surface area contributed by atoms with Crippen molar-refractivity contribution in [3.63, 3.8) is 0 Å². The van der Waals surface area contributed by atoms with E-state index in [9.17, 15) is 0 Å². The molecule has 1 saturated heterocycles. The van der Waals surface area contributed by atoms with Gasteiger partial charge in [0.1, 0.15) is 0 Å². The Morgan fingerprint density at radius 3 is 2.73 bits per heavy atom. The second kappa shape index (κ2) is 4.53. The first-order valence-corrected chi connectivity index (χ1v) is 5.47. The van der Waals surface area contributed by atoms with Crippen LogP contribution >= 0.6 is 0 Å². The topological polar surface area (TPSA) is 47.3 Å². The minimum absolute atomic E-state index is 0.502. The first-order chi connectivity index (χ1) is 7.27. The summed E-state index contributed by atoms with van der Waals surface area (Å²) in [5.74, 6) is 0. The molecule has 0 amide bonds. The van der Waals surface area contributed by atoms with Gasteiger partial charge in [-0.05, 0) is 31.4 Å².